The van der Waals surface area contributed by atoms with Crippen LogP contribution in [0.1, 0.15) is 46.5 Å². The van der Waals surface area contributed by atoms with E-state index in [9.17, 15) is 38.7 Å². The summed E-state index contributed by atoms with van der Waals surface area (Å²) in [6, 6.07) is -6.62. The second-order valence-electron chi connectivity index (χ2n) is 9.91. The van der Waals surface area contributed by atoms with Gasteiger partial charge in [0.15, 0.2) is 0 Å². The third-order valence-corrected chi connectivity index (χ3v) is 6.74. The van der Waals surface area contributed by atoms with Crippen molar-refractivity contribution in [2.45, 2.75) is 82.8 Å². The Kier molecular flexibility index (Phi) is 14.1. The predicted molar refractivity (Wildman–Crippen MR) is 141 cm³/mol. The molecule has 17 heteroatoms. The van der Waals surface area contributed by atoms with Crippen molar-refractivity contribution < 1.29 is 48.9 Å². The lowest BCUT2D eigenvalue weighted by atomic mass is 9.97. The van der Waals surface area contributed by atoms with Gasteiger partial charge in [0.25, 0.3) is 0 Å². The monoisotopic (exact) mass is 587 g/mol. The van der Waals surface area contributed by atoms with E-state index in [1.54, 1.807) is 13.8 Å². The fourth-order valence-electron chi connectivity index (χ4n) is 4.02. The number of aliphatic hydroxyl groups excluding tert-OH is 2. The molecule has 232 valence electrons. The molecule has 0 aromatic heterocycles. The first-order chi connectivity index (χ1) is 19.1. The molecular weight excluding hydrogens is 546 g/mol. The van der Waals surface area contributed by atoms with Crippen molar-refractivity contribution in [2.24, 2.45) is 17.4 Å². The predicted octanol–water partition coefficient (Wildman–Crippen LogP) is -4.75. The summed E-state index contributed by atoms with van der Waals surface area (Å²) in [7, 11) is 0. The highest BCUT2D eigenvalue weighted by Gasteiger charge is 2.37. The van der Waals surface area contributed by atoms with Crippen LogP contribution in [0, 0.1) is 5.92 Å². The van der Waals surface area contributed by atoms with Gasteiger partial charge in [0, 0.05) is 6.54 Å². The summed E-state index contributed by atoms with van der Waals surface area (Å²) >= 11 is 0. The van der Waals surface area contributed by atoms with Gasteiger partial charge in [-0.2, -0.15) is 0 Å². The molecule has 1 aliphatic rings. The van der Waals surface area contributed by atoms with Crippen LogP contribution in [-0.4, -0.2) is 118 Å². The van der Waals surface area contributed by atoms with Crippen LogP contribution in [0.15, 0.2) is 0 Å². The lowest BCUT2D eigenvalue weighted by Crippen LogP contribution is -2.59. The molecule has 6 amide bonds. The number of amides is 6. The highest BCUT2D eigenvalue weighted by Crippen LogP contribution is 2.18. The van der Waals surface area contributed by atoms with E-state index in [4.69, 9.17) is 21.7 Å². The van der Waals surface area contributed by atoms with E-state index < -0.39 is 103 Å². The highest BCUT2D eigenvalue weighted by atomic mass is 16.4. The number of rotatable bonds is 16. The van der Waals surface area contributed by atoms with Crippen LogP contribution in [-0.2, 0) is 33.6 Å². The summed E-state index contributed by atoms with van der Waals surface area (Å²) in [5, 5.41) is 37.0. The molecular formula is C24H41N7O10. The molecule has 1 fully saturated rings. The van der Waals surface area contributed by atoms with Gasteiger partial charge in [-0.1, -0.05) is 20.3 Å². The number of primary amides is 1. The number of aliphatic carboxylic acids is 1. The standard InChI is InChI=1S/C24H41N7O10/c1-4-11(2)19(30-20(36)13(8-16(25)34)28-22(38)18(26)12(3)33)23(39)27-9-17(35)31-7-5-6-15(31)21(37)29-14(10-32)24(40)41/h11-15,18-19,32-33H,4-10,26H2,1-3H3,(H2,25,34)(H,27,39)(H,28,38)(H,29,37)(H,30,36)(H,40,41)/t11-,12+,13-,14-,15-,18-,19-/m0/s1. The number of hydrogen-bond acceptors (Lipinski definition) is 10. The minimum Gasteiger partial charge on any atom is -0.480 e. The second-order valence-corrected chi connectivity index (χ2v) is 9.91. The van der Waals surface area contributed by atoms with Crippen LogP contribution in [0.3, 0.4) is 0 Å². The summed E-state index contributed by atoms with van der Waals surface area (Å²) in [5.74, 6) is -6.81. The summed E-state index contributed by atoms with van der Waals surface area (Å²) in [5.41, 5.74) is 10.8. The van der Waals surface area contributed by atoms with E-state index in [2.05, 4.69) is 21.3 Å². The Bertz CT molecular complexity index is 992. The highest BCUT2D eigenvalue weighted by molar-refractivity contribution is 5.97. The molecule has 0 unspecified atom stereocenters. The number of likely N-dealkylation sites (tertiary alicyclic amines) is 1. The second kappa shape index (κ2) is 16.4. The normalized spacial score (nSPS) is 19.1. The average molecular weight is 588 g/mol. The molecule has 0 aromatic carbocycles. The maximum absolute atomic E-state index is 13.0. The molecule has 1 rings (SSSR count). The molecule has 0 saturated carbocycles. The zero-order chi connectivity index (χ0) is 31.4. The summed E-state index contributed by atoms with van der Waals surface area (Å²) in [6.07, 6.45) is -0.755. The molecule has 0 aromatic rings. The first-order valence-corrected chi connectivity index (χ1v) is 13.2. The number of hydrogen-bond donors (Lipinski definition) is 9. The van der Waals surface area contributed by atoms with Crippen LogP contribution in [0.25, 0.3) is 0 Å². The number of carboxylic acids is 1. The van der Waals surface area contributed by atoms with Gasteiger partial charge in [-0.25, -0.2) is 4.79 Å². The van der Waals surface area contributed by atoms with Gasteiger partial charge in [-0.3, -0.25) is 28.8 Å². The van der Waals surface area contributed by atoms with Gasteiger partial charge in [-0.05, 0) is 25.7 Å². The lowest BCUT2D eigenvalue weighted by Gasteiger charge is -2.28. The smallest absolute Gasteiger partial charge is 0.328 e. The maximum atomic E-state index is 13.0. The lowest BCUT2D eigenvalue weighted by molar-refractivity contribution is -0.145. The Balaban J connectivity index is 2.92. The van der Waals surface area contributed by atoms with Crippen molar-refractivity contribution in [1.29, 1.82) is 0 Å². The molecule has 0 bridgehead atoms. The van der Waals surface area contributed by atoms with E-state index in [0.717, 1.165) is 0 Å². The Morgan fingerprint density at radius 3 is 2.12 bits per heavy atom. The molecule has 7 atom stereocenters. The molecule has 0 aliphatic carbocycles. The third kappa shape index (κ3) is 10.6. The van der Waals surface area contributed by atoms with Gasteiger partial charge in [0.05, 0.1) is 25.7 Å². The van der Waals surface area contributed by atoms with Gasteiger partial charge in [0.2, 0.25) is 35.4 Å². The van der Waals surface area contributed by atoms with Crippen molar-refractivity contribution in [1.82, 2.24) is 26.2 Å². The minimum atomic E-state index is -1.54. The molecule has 0 spiro atoms. The van der Waals surface area contributed by atoms with E-state index >= 15 is 0 Å². The largest absolute Gasteiger partial charge is 0.480 e. The molecule has 1 heterocycles. The van der Waals surface area contributed by atoms with Crippen molar-refractivity contribution in [3.8, 4) is 0 Å². The molecule has 17 nitrogen and oxygen atoms in total. The van der Waals surface area contributed by atoms with E-state index in [1.807, 2.05) is 0 Å². The molecule has 1 aliphatic heterocycles. The van der Waals surface area contributed by atoms with Crippen LogP contribution >= 0.6 is 0 Å². The average Bonchev–Trinajstić information content (AvgIpc) is 3.41. The van der Waals surface area contributed by atoms with Gasteiger partial charge < -0.3 is 53.0 Å². The zero-order valence-corrected chi connectivity index (χ0v) is 23.3. The van der Waals surface area contributed by atoms with E-state index in [1.165, 1.54) is 11.8 Å². The van der Waals surface area contributed by atoms with Crippen LogP contribution in [0.4, 0.5) is 0 Å². The van der Waals surface area contributed by atoms with Gasteiger partial charge in [-0.15, -0.1) is 0 Å². The minimum absolute atomic E-state index is 0.179. The SMILES string of the molecule is CC[C@H](C)[C@H](NC(=O)[C@H](CC(N)=O)NC(=O)[C@@H](N)[C@@H](C)O)C(=O)NCC(=O)N1CCC[C@H]1C(=O)N[C@@H](CO)C(=O)O. The molecule has 0 radical (unpaired) electrons. The quantitative estimate of drug-likeness (QED) is 0.0826. The molecule has 11 N–H and O–H groups in total. The van der Waals surface area contributed by atoms with Gasteiger partial charge in [0.1, 0.15) is 30.2 Å². The Labute approximate surface area is 236 Å². The van der Waals surface area contributed by atoms with E-state index in [-0.39, 0.29) is 13.0 Å². The Hall–Kier alpha value is -3.83. The van der Waals surface area contributed by atoms with Crippen molar-refractivity contribution >= 4 is 41.4 Å². The molecule has 41 heavy (non-hydrogen) atoms. The first-order valence-electron chi connectivity index (χ1n) is 13.2. The fourth-order valence-corrected chi connectivity index (χ4v) is 4.02. The van der Waals surface area contributed by atoms with Gasteiger partial charge >= 0.3 is 5.97 Å². The number of carbonyl (C=O) groups excluding carboxylic acids is 6. The Morgan fingerprint density at radius 2 is 1.61 bits per heavy atom. The van der Waals surface area contributed by atoms with Crippen LogP contribution < -0.4 is 32.7 Å². The van der Waals surface area contributed by atoms with Crippen LogP contribution in [0.5, 0.6) is 0 Å². The fraction of sp³-hybridized carbons (Fsp3) is 0.708. The maximum Gasteiger partial charge on any atom is 0.328 e. The Morgan fingerprint density at radius 1 is 0.976 bits per heavy atom. The molecule has 1 saturated heterocycles. The number of nitrogens with zero attached hydrogens (tertiary/aromatic N) is 1. The summed E-state index contributed by atoms with van der Waals surface area (Å²) < 4.78 is 0. The number of nitrogens with two attached hydrogens (primary N) is 2. The van der Waals surface area contributed by atoms with Crippen LogP contribution in [0.2, 0.25) is 0 Å². The zero-order valence-electron chi connectivity index (χ0n) is 23.3. The number of aliphatic hydroxyl groups is 2. The number of carboxylic acid groups (broad SMARTS) is 1. The summed E-state index contributed by atoms with van der Waals surface area (Å²) in [6.45, 7) is 3.46. The first kappa shape index (κ1) is 35.2. The number of carbonyl (C=O) groups is 7. The number of nitrogens with one attached hydrogen (secondary N) is 4. The van der Waals surface area contributed by atoms with E-state index in [0.29, 0.717) is 12.8 Å². The van der Waals surface area contributed by atoms with Crippen molar-refractivity contribution in [3.05, 3.63) is 0 Å². The third-order valence-electron chi connectivity index (χ3n) is 6.74. The summed E-state index contributed by atoms with van der Waals surface area (Å²) in [4.78, 5) is 87.5. The van der Waals surface area contributed by atoms with Crippen molar-refractivity contribution in [2.75, 3.05) is 19.7 Å². The van der Waals surface area contributed by atoms with Crippen molar-refractivity contribution in [3.63, 3.8) is 0 Å². The topological polar surface area (TPSA) is 284 Å².